The van der Waals surface area contributed by atoms with Crippen LogP contribution in [0.25, 0.3) is 21.8 Å². The van der Waals surface area contributed by atoms with Gasteiger partial charge in [-0.15, -0.1) is 0 Å². The molecule has 2 heterocycles. The number of aromatic nitrogens is 2. The fourth-order valence-corrected chi connectivity index (χ4v) is 1.68. The molecule has 0 aliphatic heterocycles. The van der Waals surface area contributed by atoms with E-state index in [1.165, 1.54) is 10.8 Å². The Morgan fingerprint density at radius 3 is 1.43 bits per heavy atom. The zero-order chi connectivity index (χ0) is 14.8. The molecule has 0 aliphatic rings. The molecular weight excluding hydrogens is 489 g/mol. The Morgan fingerprint density at radius 1 is 0.762 bits per heavy atom. The fourth-order valence-electron chi connectivity index (χ4n) is 1.68. The van der Waals surface area contributed by atoms with Crippen molar-refractivity contribution in [2.24, 2.45) is 0 Å². The summed E-state index contributed by atoms with van der Waals surface area (Å²) in [6.07, 6.45) is 3.60. The molecule has 0 atom stereocenters. The van der Waals surface area contributed by atoms with E-state index in [1.807, 2.05) is 12.1 Å². The molecule has 0 saturated heterocycles. The van der Waals surface area contributed by atoms with Crippen LogP contribution in [0.3, 0.4) is 0 Å². The third-order valence-corrected chi connectivity index (χ3v) is 2.34. The molecule has 0 unspecified atom stereocenters. The molecule has 2 aromatic heterocycles. The van der Waals surface area contributed by atoms with Crippen LogP contribution in [0.15, 0.2) is 48.8 Å². The molecule has 0 bridgehead atoms. The van der Waals surface area contributed by atoms with Gasteiger partial charge < -0.3 is 25.3 Å². The molecule has 0 spiro atoms. The number of thiocyanates is 2. The molecule has 0 fully saturated rings. The number of hydrogen-bond donors (Lipinski definition) is 0. The van der Waals surface area contributed by atoms with Crippen LogP contribution in [0.5, 0.6) is 0 Å². The summed E-state index contributed by atoms with van der Waals surface area (Å²) in [6.45, 7) is 0. The van der Waals surface area contributed by atoms with Crippen molar-refractivity contribution >= 4 is 47.1 Å². The van der Waals surface area contributed by atoms with E-state index in [1.54, 1.807) is 12.4 Å². The van der Waals surface area contributed by atoms with Crippen LogP contribution in [0.4, 0.5) is 0 Å². The van der Waals surface area contributed by atoms with Crippen LogP contribution < -0.4 is 0 Å². The normalized spacial score (nSPS) is 7.90. The van der Waals surface area contributed by atoms with Crippen LogP contribution in [0.2, 0.25) is 0 Å². The van der Waals surface area contributed by atoms with Crippen LogP contribution in [0.1, 0.15) is 0 Å². The van der Waals surface area contributed by atoms with Gasteiger partial charge in [-0.1, -0.05) is 35.1 Å². The Hall–Kier alpha value is -1.60. The van der Waals surface area contributed by atoms with Gasteiger partial charge in [0.25, 0.3) is 0 Å². The van der Waals surface area contributed by atoms with Crippen molar-refractivity contribution in [1.82, 2.24) is 9.97 Å². The monoisotopic (exact) mass is 498 g/mol. The van der Waals surface area contributed by atoms with Gasteiger partial charge in [0, 0.05) is 23.2 Å². The first-order chi connectivity index (χ1) is 9.78. The second kappa shape index (κ2) is 11.1. The Balaban J connectivity index is 0.000000502. The van der Waals surface area contributed by atoms with E-state index in [2.05, 4.69) is 59.5 Å². The number of rotatable bonds is 0. The molecule has 3 rings (SSSR count). The quantitative estimate of drug-likeness (QED) is 0.206. The topological polar surface area (TPSA) is 73.4 Å². The van der Waals surface area contributed by atoms with Crippen molar-refractivity contribution in [2.45, 2.75) is 0 Å². The van der Waals surface area contributed by atoms with Gasteiger partial charge >= 0.3 is 27.7 Å². The first kappa shape index (κ1) is 19.4. The zero-order valence-corrected chi connectivity index (χ0v) is 18.1. The van der Waals surface area contributed by atoms with Crippen molar-refractivity contribution in [1.29, 1.82) is 10.5 Å². The van der Waals surface area contributed by atoms with E-state index >= 15 is 0 Å². The van der Waals surface area contributed by atoms with Gasteiger partial charge in [0.1, 0.15) is 0 Å². The molecule has 4 nitrogen and oxygen atoms in total. The zero-order valence-electron chi connectivity index (χ0n) is 10.9. The summed E-state index contributed by atoms with van der Waals surface area (Å²) >= 11 is 7.40. The standard InChI is InChI=1S/C12H8N2.2CHNS.Hg/c1-3-9-5-6-10-4-2-8-14-12(10)11(9)13-7-1;2*2-1-3;/h1-8H;2*3H;/q;;;+2/p-2. The number of hydrogen-bond acceptors (Lipinski definition) is 6. The Kier molecular flexibility index (Phi) is 10.2. The molecule has 1 aromatic carbocycles. The number of nitriles is 2. The van der Waals surface area contributed by atoms with Crippen LogP contribution in [-0.4, -0.2) is 9.97 Å². The number of benzene rings is 1. The second-order valence-corrected chi connectivity index (χ2v) is 3.76. The van der Waals surface area contributed by atoms with Crippen molar-refractivity contribution < 1.29 is 27.7 Å². The van der Waals surface area contributed by atoms with E-state index in [0.717, 1.165) is 21.8 Å². The van der Waals surface area contributed by atoms with E-state index in [-0.39, 0.29) is 27.7 Å². The average molecular weight is 497 g/mol. The van der Waals surface area contributed by atoms with Gasteiger partial charge in [-0.2, -0.15) is 0 Å². The summed E-state index contributed by atoms with van der Waals surface area (Å²) in [5, 5.41) is 19.2. The molecule has 3 aromatic rings. The molecule has 0 amide bonds. The smallest absolute Gasteiger partial charge is 0.696 e. The maximum atomic E-state index is 7.13. The largest absolute Gasteiger partial charge is 2.00 e. The second-order valence-electron chi connectivity index (χ2n) is 3.40. The van der Waals surface area contributed by atoms with Gasteiger partial charge in [-0.05, 0) is 12.1 Å². The first-order valence-corrected chi connectivity index (χ1v) is 6.21. The Labute approximate surface area is 154 Å². The maximum absolute atomic E-state index is 7.13. The molecule has 0 saturated carbocycles. The van der Waals surface area contributed by atoms with Gasteiger partial charge in [0.2, 0.25) is 0 Å². The van der Waals surface area contributed by atoms with E-state index in [4.69, 9.17) is 10.5 Å². The van der Waals surface area contributed by atoms with Crippen molar-refractivity contribution in [3.8, 4) is 10.8 Å². The first-order valence-electron chi connectivity index (χ1n) is 5.39. The van der Waals surface area contributed by atoms with Crippen LogP contribution >= 0.6 is 0 Å². The van der Waals surface area contributed by atoms with Gasteiger partial charge in [0.05, 0.1) is 11.0 Å². The third-order valence-electron chi connectivity index (χ3n) is 2.34. The molecular formula is C14H8HgN4S2. The summed E-state index contributed by atoms with van der Waals surface area (Å²) in [7, 11) is 0. The van der Waals surface area contributed by atoms with Gasteiger partial charge in [0.15, 0.2) is 0 Å². The summed E-state index contributed by atoms with van der Waals surface area (Å²) in [5.41, 5.74) is 1.95. The maximum Gasteiger partial charge on any atom is 2.00 e. The molecule has 7 heteroatoms. The SMILES string of the molecule is N#C[S-].N#C[S-].[Hg+2].c1cnc2c(c1)ccc1cccnc12. The number of pyridine rings is 2. The summed E-state index contributed by atoms with van der Waals surface area (Å²) < 4.78 is 0. The molecule has 21 heavy (non-hydrogen) atoms. The minimum absolute atomic E-state index is 0. The Bertz CT molecular complexity index is 714. The summed E-state index contributed by atoms with van der Waals surface area (Å²) in [4.78, 5) is 8.69. The predicted octanol–water partition coefficient (Wildman–Crippen LogP) is 2.81. The Morgan fingerprint density at radius 2 is 1.10 bits per heavy atom. The van der Waals surface area contributed by atoms with Crippen LogP contribution in [0, 0.1) is 21.3 Å². The third kappa shape index (κ3) is 5.72. The van der Waals surface area contributed by atoms with E-state index in [9.17, 15) is 0 Å². The van der Waals surface area contributed by atoms with Crippen molar-refractivity contribution in [3.63, 3.8) is 0 Å². The molecule has 0 radical (unpaired) electrons. The minimum atomic E-state index is 0. The molecule has 98 valence electrons. The summed E-state index contributed by atoms with van der Waals surface area (Å²) in [6, 6.07) is 12.1. The summed E-state index contributed by atoms with van der Waals surface area (Å²) in [5.74, 6) is 0. The number of nitrogens with zero attached hydrogens (tertiary/aromatic N) is 4. The van der Waals surface area contributed by atoms with Gasteiger partial charge in [-0.25, -0.2) is 10.5 Å². The van der Waals surface area contributed by atoms with Crippen molar-refractivity contribution in [3.05, 3.63) is 48.8 Å². The predicted molar refractivity (Wildman–Crippen MR) is 83.0 cm³/mol. The van der Waals surface area contributed by atoms with Crippen molar-refractivity contribution in [2.75, 3.05) is 0 Å². The van der Waals surface area contributed by atoms with E-state index < -0.39 is 0 Å². The van der Waals surface area contributed by atoms with Crippen LogP contribution in [-0.2, 0) is 52.9 Å². The molecule has 0 N–H and O–H groups in total. The van der Waals surface area contributed by atoms with Gasteiger partial charge in [-0.3, -0.25) is 9.97 Å². The number of fused-ring (bicyclic) bond motifs is 3. The van der Waals surface area contributed by atoms with E-state index in [0.29, 0.717) is 0 Å². The average Bonchev–Trinajstić information content (AvgIpc) is 2.49. The minimum Gasteiger partial charge on any atom is -0.696 e. The fraction of sp³-hybridized carbons (Fsp3) is 0. The molecule has 0 aliphatic carbocycles.